The Morgan fingerprint density at radius 2 is 1.89 bits per heavy atom. The third kappa shape index (κ3) is 4.45. The summed E-state index contributed by atoms with van der Waals surface area (Å²) >= 11 is 0. The van der Waals surface area contributed by atoms with Crippen LogP contribution in [0.1, 0.15) is 22.8 Å². The third-order valence-corrected chi connectivity index (χ3v) is 6.54. The minimum Gasteiger partial charge on any atom is -0.360 e. The van der Waals surface area contributed by atoms with Crippen LogP contribution in [-0.2, 0) is 4.79 Å². The number of nitrogens with one attached hydrogen (secondary N) is 1. The molecule has 3 heterocycles. The van der Waals surface area contributed by atoms with E-state index >= 15 is 0 Å². The number of rotatable bonds is 4. The molecule has 9 heteroatoms. The highest BCUT2D eigenvalue weighted by molar-refractivity contribution is 6.45. The van der Waals surface area contributed by atoms with E-state index in [0.717, 1.165) is 5.56 Å². The molecule has 37 heavy (non-hydrogen) atoms. The number of hydrogen-bond donors (Lipinski definition) is 1. The van der Waals surface area contributed by atoms with Crippen molar-refractivity contribution in [3.05, 3.63) is 90.0 Å². The first kappa shape index (κ1) is 23.9. The molecule has 0 bridgehead atoms. The number of piperazine rings is 1. The number of hydrogen-bond acceptors (Lipinski definition) is 5. The fourth-order valence-corrected chi connectivity index (χ4v) is 4.77. The van der Waals surface area contributed by atoms with E-state index in [2.05, 4.69) is 15.0 Å². The Bertz CT molecular complexity index is 1540. The standard InChI is InChI=1S/C28H23FN6O2/c1-18-16-34(27(33-17-30)19-7-3-2-4-8-19)13-14-35(18)28(37)26(36)21-15-32-25-20(10-11-22(29)24(21)25)23-9-5-6-12-31-23/h2-12,15,18,32H,13-14,16H2,1H3/t18-/m0/s1. The molecule has 0 saturated carbocycles. The first-order chi connectivity index (χ1) is 18.0. The van der Waals surface area contributed by atoms with E-state index in [4.69, 9.17) is 0 Å². The second-order valence-electron chi connectivity index (χ2n) is 8.79. The number of Topliss-reactive ketones (excluding diaryl/α,β-unsaturated/α-hetero) is 1. The van der Waals surface area contributed by atoms with E-state index in [0.29, 0.717) is 35.7 Å². The average Bonchev–Trinajstić information content (AvgIpc) is 3.38. The molecule has 1 atom stereocenters. The van der Waals surface area contributed by atoms with Gasteiger partial charge in [-0.25, -0.2) is 4.39 Å². The number of nitrogens with zero attached hydrogens (tertiary/aromatic N) is 5. The van der Waals surface area contributed by atoms with Gasteiger partial charge >= 0.3 is 0 Å². The predicted molar refractivity (Wildman–Crippen MR) is 137 cm³/mol. The zero-order valence-electron chi connectivity index (χ0n) is 20.1. The van der Waals surface area contributed by atoms with Gasteiger partial charge in [-0.3, -0.25) is 14.6 Å². The highest BCUT2D eigenvalue weighted by atomic mass is 19.1. The van der Waals surface area contributed by atoms with Crippen LogP contribution in [0.25, 0.3) is 22.2 Å². The van der Waals surface area contributed by atoms with Gasteiger partial charge in [-0.2, -0.15) is 10.3 Å². The van der Waals surface area contributed by atoms with Crippen LogP contribution in [0.5, 0.6) is 0 Å². The Hall–Kier alpha value is -4.84. The number of amides is 1. The summed E-state index contributed by atoms with van der Waals surface area (Å²) in [6, 6.07) is 17.3. The van der Waals surface area contributed by atoms with Crippen LogP contribution in [0.2, 0.25) is 0 Å². The average molecular weight is 495 g/mol. The van der Waals surface area contributed by atoms with Gasteiger partial charge in [0.15, 0.2) is 0 Å². The molecule has 0 aliphatic carbocycles. The molecule has 0 unspecified atom stereocenters. The molecule has 184 valence electrons. The largest absolute Gasteiger partial charge is 0.360 e. The molecular formula is C28H23FN6O2. The second kappa shape index (κ2) is 10.0. The lowest BCUT2D eigenvalue weighted by atomic mass is 10.0. The highest BCUT2D eigenvalue weighted by Crippen LogP contribution is 2.31. The zero-order valence-corrected chi connectivity index (χ0v) is 20.1. The first-order valence-corrected chi connectivity index (χ1v) is 11.8. The Kier molecular flexibility index (Phi) is 6.47. The molecule has 1 aliphatic heterocycles. The molecule has 1 N–H and O–H groups in total. The minimum atomic E-state index is -0.780. The van der Waals surface area contributed by atoms with Crippen LogP contribution in [0, 0.1) is 17.3 Å². The monoisotopic (exact) mass is 494 g/mol. The number of ketones is 1. The van der Waals surface area contributed by atoms with E-state index in [1.807, 2.05) is 54.4 Å². The van der Waals surface area contributed by atoms with Crippen LogP contribution in [-0.4, -0.2) is 63.0 Å². The minimum absolute atomic E-state index is 0.0130. The summed E-state index contributed by atoms with van der Waals surface area (Å²) in [5.74, 6) is -1.55. The van der Waals surface area contributed by atoms with Crippen molar-refractivity contribution in [1.82, 2.24) is 19.8 Å². The summed E-state index contributed by atoms with van der Waals surface area (Å²) in [5.41, 5.74) is 2.45. The topological polar surface area (TPSA) is 105 Å². The van der Waals surface area contributed by atoms with E-state index in [-0.39, 0.29) is 23.5 Å². The normalized spacial score (nSPS) is 16.0. The van der Waals surface area contributed by atoms with Crippen LogP contribution >= 0.6 is 0 Å². The summed E-state index contributed by atoms with van der Waals surface area (Å²) in [6.07, 6.45) is 4.87. The molecule has 2 aromatic carbocycles. The number of benzene rings is 2. The van der Waals surface area contributed by atoms with Gasteiger partial charge in [0.05, 0.1) is 16.8 Å². The fraction of sp³-hybridized carbons (Fsp3) is 0.179. The van der Waals surface area contributed by atoms with Crippen molar-refractivity contribution < 1.29 is 14.0 Å². The van der Waals surface area contributed by atoms with Crippen molar-refractivity contribution in [3.63, 3.8) is 0 Å². The van der Waals surface area contributed by atoms with Crippen molar-refractivity contribution >= 4 is 28.4 Å². The molecule has 2 aromatic heterocycles. The number of pyridine rings is 1. The van der Waals surface area contributed by atoms with Gasteiger partial charge in [0.25, 0.3) is 11.7 Å². The highest BCUT2D eigenvalue weighted by Gasteiger charge is 2.34. The summed E-state index contributed by atoms with van der Waals surface area (Å²) in [7, 11) is 0. The number of amidine groups is 1. The number of carbonyl (C=O) groups is 2. The number of fused-ring (bicyclic) bond motifs is 1. The van der Waals surface area contributed by atoms with Gasteiger partial charge in [-0.1, -0.05) is 36.4 Å². The number of aromatic amines is 1. The number of carbonyl (C=O) groups excluding carboxylic acids is 2. The number of nitriles is 1. The summed E-state index contributed by atoms with van der Waals surface area (Å²) in [4.78, 5) is 41.4. The molecular weight excluding hydrogens is 471 g/mol. The molecule has 5 rings (SSSR count). The van der Waals surface area contributed by atoms with E-state index in [1.54, 1.807) is 24.4 Å². The van der Waals surface area contributed by atoms with Crippen LogP contribution in [0.3, 0.4) is 0 Å². The maximum absolute atomic E-state index is 14.9. The molecule has 4 aromatic rings. The number of H-pyrrole nitrogens is 1. The van der Waals surface area contributed by atoms with Gasteiger partial charge in [0.2, 0.25) is 6.19 Å². The number of aliphatic imine (C=N–C) groups is 1. The smallest absolute Gasteiger partial charge is 0.295 e. The number of halogens is 1. The molecule has 1 amide bonds. The molecule has 8 nitrogen and oxygen atoms in total. The van der Waals surface area contributed by atoms with E-state index < -0.39 is 17.5 Å². The summed E-state index contributed by atoms with van der Waals surface area (Å²) in [6.45, 7) is 2.87. The zero-order chi connectivity index (χ0) is 25.9. The molecule has 1 aliphatic rings. The third-order valence-electron chi connectivity index (χ3n) is 6.54. The number of aromatic nitrogens is 2. The van der Waals surface area contributed by atoms with E-state index in [1.165, 1.54) is 17.2 Å². The molecule has 0 radical (unpaired) electrons. The first-order valence-electron chi connectivity index (χ1n) is 11.8. The quantitative estimate of drug-likeness (QED) is 0.152. The lowest BCUT2D eigenvalue weighted by Gasteiger charge is -2.40. The van der Waals surface area contributed by atoms with E-state index in [9.17, 15) is 19.2 Å². The lowest BCUT2D eigenvalue weighted by molar-refractivity contribution is -0.130. The Labute approximate surface area is 212 Å². The van der Waals surface area contributed by atoms with Crippen molar-refractivity contribution in [2.75, 3.05) is 19.6 Å². The maximum atomic E-state index is 14.9. The van der Waals surface area contributed by atoms with Gasteiger partial charge in [-0.15, -0.1) is 0 Å². The Morgan fingerprint density at radius 3 is 2.59 bits per heavy atom. The van der Waals surface area contributed by atoms with Gasteiger partial charge < -0.3 is 14.8 Å². The van der Waals surface area contributed by atoms with Gasteiger partial charge in [-0.05, 0) is 31.2 Å². The summed E-state index contributed by atoms with van der Waals surface area (Å²) in [5, 5.41) is 9.27. The SMILES string of the molecule is C[C@H]1CN(C(=NC#N)c2ccccc2)CCN1C(=O)C(=O)c1c[nH]c2c(-c3ccccn3)ccc(F)c12. The lowest BCUT2D eigenvalue weighted by Crippen LogP contribution is -2.57. The van der Waals surface area contributed by atoms with Crippen LogP contribution < -0.4 is 0 Å². The van der Waals surface area contributed by atoms with Gasteiger partial charge in [0.1, 0.15) is 11.7 Å². The molecule has 0 spiro atoms. The maximum Gasteiger partial charge on any atom is 0.295 e. The van der Waals surface area contributed by atoms with Gasteiger partial charge in [0, 0.05) is 54.6 Å². The van der Waals surface area contributed by atoms with Crippen molar-refractivity contribution in [3.8, 4) is 17.5 Å². The second-order valence-corrected chi connectivity index (χ2v) is 8.79. The Morgan fingerprint density at radius 1 is 1.11 bits per heavy atom. The van der Waals surface area contributed by atoms with Crippen molar-refractivity contribution in [2.45, 2.75) is 13.0 Å². The molecule has 1 fully saturated rings. The van der Waals surface area contributed by atoms with Crippen LogP contribution in [0.15, 0.2) is 78.0 Å². The predicted octanol–water partition coefficient (Wildman–Crippen LogP) is 4.01. The van der Waals surface area contributed by atoms with Crippen molar-refractivity contribution in [1.29, 1.82) is 5.26 Å². The van der Waals surface area contributed by atoms with Crippen molar-refractivity contribution in [2.24, 2.45) is 4.99 Å². The van der Waals surface area contributed by atoms with Crippen LogP contribution in [0.4, 0.5) is 4.39 Å². The summed E-state index contributed by atoms with van der Waals surface area (Å²) < 4.78 is 14.9. The molecule has 1 saturated heterocycles. The fourth-order valence-electron chi connectivity index (χ4n) is 4.77. The Balaban J connectivity index is 1.39.